The second-order valence-corrected chi connectivity index (χ2v) is 7.63. The number of aromatic nitrogens is 1. The van der Waals surface area contributed by atoms with Crippen molar-refractivity contribution in [2.75, 3.05) is 25.9 Å². The average molecular weight is 388 g/mol. The highest BCUT2D eigenvalue weighted by Gasteiger charge is 2.26. The van der Waals surface area contributed by atoms with E-state index in [9.17, 15) is 9.59 Å². The Morgan fingerprint density at radius 1 is 1.30 bits per heavy atom. The van der Waals surface area contributed by atoms with E-state index in [4.69, 9.17) is 4.42 Å². The summed E-state index contributed by atoms with van der Waals surface area (Å²) >= 11 is 1.49. The number of amides is 2. The predicted octanol–water partition coefficient (Wildman–Crippen LogP) is 3.30. The summed E-state index contributed by atoms with van der Waals surface area (Å²) in [6.45, 7) is 5.65. The fourth-order valence-electron chi connectivity index (χ4n) is 3.42. The molecule has 0 atom stereocenters. The highest BCUT2D eigenvalue weighted by molar-refractivity contribution is 7.98. The third-order valence-corrected chi connectivity index (χ3v) is 5.65. The van der Waals surface area contributed by atoms with Crippen LogP contribution < -0.4 is 5.32 Å². The molecule has 2 aromatic rings. The number of thioether (sulfide) groups is 1. The number of aryl methyl sites for hydroxylation is 2. The van der Waals surface area contributed by atoms with Crippen LogP contribution in [0.15, 0.2) is 33.8 Å². The molecule has 1 aliphatic rings. The summed E-state index contributed by atoms with van der Waals surface area (Å²) in [6, 6.07) is 5.40. The molecule has 0 radical (unpaired) electrons. The molecule has 6 nitrogen and oxygen atoms in total. The zero-order chi connectivity index (χ0) is 19.4. The molecule has 0 bridgehead atoms. The number of hydrogen-bond acceptors (Lipinski definition) is 5. The summed E-state index contributed by atoms with van der Waals surface area (Å²) in [4.78, 5) is 31.2. The Hall–Kier alpha value is -2.28. The number of pyridine rings is 1. The molecule has 27 heavy (non-hydrogen) atoms. The van der Waals surface area contributed by atoms with E-state index in [1.807, 2.05) is 24.1 Å². The van der Waals surface area contributed by atoms with Gasteiger partial charge in [0.15, 0.2) is 0 Å². The van der Waals surface area contributed by atoms with Crippen molar-refractivity contribution in [2.45, 2.75) is 31.7 Å². The van der Waals surface area contributed by atoms with Crippen LogP contribution >= 0.6 is 11.8 Å². The van der Waals surface area contributed by atoms with Crippen LogP contribution in [0.3, 0.4) is 0 Å². The van der Waals surface area contributed by atoms with Crippen molar-refractivity contribution in [3.05, 3.63) is 47.0 Å². The van der Waals surface area contributed by atoms with Gasteiger partial charge in [0.05, 0.1) is 11.1 Å². The number of carbonyl (C=O) groups is 2. The van der Waals surface area contributed by atoms with E-state index in [0.717, 1.165) is 23.6 Å². The smallest absolute Gasteiger partial charge is 0.256 e. The molecule has 0 spiro atoms. The molecule has 1 N–H and O–H groups in total. The number of likely N-dealkylation sites (tertiary alicyclic amines) is 1. The van der Waals surface area contributed by atoms with Gasteiger partial charge in [-0.2, -0.15) is 0 Å². The maximum absolute atomic E-state index is 12.8. The summed E-state index contributed by atoms with van der Waals surface area (Å²) in [6.07, 6.45) is 5.40. The van der Waals surface area contributed by atoms with E-state index < -0.39 is 0 Å². The van der Waals surface area contributed by atoms with Crippen LogP contribution in [0, 0.1) is 19.8 Å². The maximum atomic E-state index is 12.8. The summed E-state index contributed by atoms with van der Waals surface area (Å²) in [5.74, 6) is 1.71. The third-order valence-electron chi connectivity index (χ3n) is 4.93. The lowest BCUT2D eigenvalue weighted by molar-refractivity contribution is 0.0680. The molecule has 3 rings (SSSR count). The molecule has 0 aliphatic carbocycles. The number of nitrogens with one attached hydrogen (secondary N) is 1. The first-order valence-corrected chi connectivity index (χ1v) is 10.4. The van der Waals surface area contributed by atoms with Crippen LogP contribution in [0.4, 0.5) is 0 Å². The van der Waals surface area contributed by atoms with Gasteiger partial charge in [0.1, 0.15) is 16.5 Å². The van der Waals surface area contributed by atoms with E-state index in [2.05, 4.69) is 10.3 Å². The monoisotopic (exact) mass is 387 g/mol. The van der Waals surface area contributed by atoms with Gasteiger partial charge in [-0.05, 0) is 57.1 Å². The van der Waals surface area contributed by atoms with Crippen LogP contribution in [-0.4, -0.2) is 47.6 Å². The average Bonchev–Trinajstić information content (AvgIpc) is 3.04. The molecule has 1 aliphatic heterocycles. The normalized spacial score (nSPS) is 15.0. The molecule has 2 amide bonds. The number of furan rings is 1. The molecular weight excluding hydrogens is 362 g/mol. The minimum atomic E-state index is -0.0946. The van der Waals surface area contributed by atoms with Crippen molar-refractivity contribution in [3.63, 3.8) is 0 Å². The second-order valence-electron chi connectivity index (χ2n) is 6.83. The molecule has 1 saturated heterocycles. The standard InChI is InChI=1S/C20H25N3O3S/c1-13-11-17(14(2)26-13)18(24)22-12-15-6-9-23(10-7-15)20(25)16-5-4-8-21-19(16)27-3/h4-5,8,11,15H,6-7,9-10,12H2,1-3H3,(H,22,24). The van der Waals surface area contributed by atoms with E-state index in [1.165, 1.54) is 11.8 Å². The van der Waals surface area contributed by atoms with Gasteiger partial charge in [0.2, 0.25) is 0 Å². The van der Waals surface area contributed by atoms with E-state index in [1.54, 1.807) is 25.3 Å². The van der Waals surface area contributed by atoms with Gasteiger partial charge in [0.25, 0.3) is 11.8 Å². The zero-order valence-electron chi connectivity index (χ0n) is 15.9. The number of rotatable bonds is 5. The maximum Gasteiger partial charge on any atom is 0.256 e. The van der Waals surface area contributed by atoms with Gasteiger partial charge in [-0.1, -0.05) is 0 Å². The minimum absolute atomic E-state index is 0.0411. The van der Waals surface area contributed by atoms with Crippen LogP contribution in [0.1, 0.15) is 45.1 Å². The lowest BCUT2D eigenvalue weighted by Crippen LogP contribution is -2.41. The van der Waals surface area contributed by atoms with Gasteiger partial charge >= 0.3 is 0 Å². The number of hydrogen-bond donors (Lipinski definition) is 1. The number of nitrogens with zero attached hydrogens (tertiary/aromatic N) is 2. The van der Waals surface area contributed by atoms with Gasteiger partial charge in [0, 0.05) is 25.8 Å². The van der Waals surface area contributed by atoms with Crippen molar-refractivity contribution >= 4 is 23.6 Å². The number of carbonyl (C=O) groups excluding carboxylic acids is 2. The summed E-state index contributed by atoms with van der Waals surface area (Å²) in [7, 11) is 0. The highest BCUT2D eigenvalue weighted by Crippen LogP contribution is 2.23. The van der Waals surface area contributed by atoms with Crippen molar-refractivity contribution < 1.29 is 14.0 Å². The summed E-state index contributed by atoms with van der Waals surface area (Å²) in [5, 5.41) is 3.77. The van der Waals surface area contributed by atoms with Gasteiger partial charge in [-0.15, -0.1) is 11.8 Å². The topological polar surface area (TPSA) is 75.4 Å². The van der Waals surface area contributed by atoms with Gasteiger partial charge in [-0.3, -0.25) is 9.59 Å². The molecule has 144 valence electrons. The highest BCUT2D eigenvalue weighted by atomic mass is 32.2. The Morgan fingerprint density at radius 3 is 2.67 bits per heavy atom. The summed E-state index contributed by atoms with van der Waals surface area (Å²) < 4.78 is 5.42. The first kappa shape index (κ1) is 19.5. The quantitative estimate of drug-likeness (QED) is 0.797. The Kier molecular flexibility index (Phi) is 6.21. The Bertz CT molecular complexity index is 826. The van der Waals surface area contributed by atoms with Gasteiger partial charge < -0.3 is 14.6 Å². The molecule has 7 heteroatoms. The fourth-order valence-corrected chi connectivity index (χ4v) is 3.96. The van der Waals surface area contributed by atoms with Crippen molar-refractivity contribution in [3.8, 4) is 0 Å². The molecule has 1 fully saturated rings. The molecule has 3 heterocycles. The van der Waals surface area contributed by atoms with E-state index >= 15 is 0 Å². The predicted molar refractivity (Wildman–Crippen MR) is 105 cm³/mol. The molecule has 0 unspecified atom stereocenters. The Balaban J connectivity index is 1.51. The fraction of sp³-hybridized carbons (Fsp3) is 0.450. The van der Waals surface area contributed by atoms with Crippen LogP contribution in [0.25, 0.3) is 0 Å². The Labute approximate surface area is 163 Å². The van der Waals surface area contributed by atoms with E-state index in [0.29, 0.717) is 42.4 Å². The molecule has 0 saturated carbocycles. The van der Waals surface area contributed by atoms with Crippen molar-refractivity contribution in [1.29, 1.82) is 0 Å². The Morgan fingerprint density at radius 2 is 2.04 bits per heavy atom. The number of piperidine rings is 1. The zero-order valence-corrected chi connectivity index (χ0v) is 16.8. The first-order valence-electron chi connectivity index (χ1n) is 9.13. The van der Waals surface area contributed by atoms with Gasteiger partial charge in [-0.25, -0.2) is 4.98 Å². The van der Waals surface area contributed by atoms with Crippen LogP contribution in [0.2, 0.25) is 0 Å². The van der Waals surface area contributed by atoms with Crippen molar-refractivity contribution in [2.24, 2.45) is 5.92 Å². The largest absolute Gasteiger partial charge is 0.466 e. The SMILES string of the molecule is CSc1ncccc1C(=O)N1CCC(CNC(=O)c2cc(C)oc2C)CC1. The van der Waals surface area contributed by atoms with Crippen molar-refractivity contribution in [1.82, 2.24) is 15.2 Å². The second kappa shape index (κ2) is 8.61. The minimum Gasteiger partial charge on any atom is -0.466 e. The lowest BCUT2D eigenvalue weighted by Gasteiger charge is -2.32. The van der Waals surface area contributed by atoms with Crippen LogP contribution in [-0.2, 0) is 0 Å². The summed E-state index contributed by atoms with van der Waals surface area (Å²) in [5.41, 5.74) is 1.27. The molecular formula is C20H25N3O3S. The molecule has 2 aromatic heterocycles. The first-order chi connectivity index (χ1) is 13.0. The third kappa shape index (κ3) is 4.53. The molecule has 0 aromatic carbocycles. The van der Waals surface area contributed by atoms with Crippen LogP contribution in [0.5, 0.6) is 0 Å². The lowest BCUT2D eigenvalue weighted by atomic mass is 9.96. The van der Waals surface area contributed by atoms with E-state index in [-0.39, 0.29) is 11.8 Å².